The molecule has 0 amide bonds. The minimum atomic E-state index is -0.265. The fourth-order valence-corrected chi connectivity index (χ4v) is 2.08. The van der Waals surface area contributed by atoms with E-state index in [0.29, 0.717) is 0 Å². The largest absolute Gasteiger partial charge is 0.494 e. The van der Waals surface area contributed by atoms with Gasteiger partial charge >= 0.3 is 7.12 Å². The van der Waals surface area contributed by atoms with E-state index in [-0.39, 0.29) is 18.3 Å². The summed E-state index contributed by atoms with van der Waals surface area (Å²) in [5.41, 5.74) is -0.531. The van der Waals surface area contributed by atoms with E-state index in [1.54, 1.807) is 0 Å². The second-order valence-electron chi connectivity index (χ2n) is 6.36. The molecule has 1 saturated heterocycles. The molecule has 3 nitrogen and oxygen atoms in total. The first kappa shape index (κ1) is 16.1. The summed E-state index contributed by atoms with van der Waals surface area (Å²) in [6.07, 6.45) is 4.04. The lowest BCUT2D eigenvalue weighted by Crippen LogP contribution is -2.41. The lowest BCUT2D eigenvalue weighted by Gasteiger charge is -2.32. The van der Waals surface area contributed by atoms with Crippen LogP contribution in [0.5, 0.6) is 5.75 Å². The maximum Gasteiger partial charge on any atom is 0.486 e. The van der Waals surface area contributed by atoms with E-state index < -0.39 is 0 Å². The van der Waals surface area contributed by atoms with Crippen molar-refractivity contribution >= 4 is 7.12 Å². The first-order chi connectivity index (χ1) is 9.91. The zero-order valence-electron chi connectivity index (χ0n) is 13.5. The Kier molecular flexibility index (Phi) is 5.12. The zero-order chi connectivity index (χ0) is 15.3. The van der Waals surface area contributed by atoms with Crippen molar-refractivity contribution in [2.45, 2.75) is 51.7 Å². The molecule has 0 saturated carbocycles. The molecule has 0 spiro atoms. The molecule has 1 fully saturated rings. The molecule has 2 rings (SSSR count). The highest BCUT2D eigenvalue weighted by atomic mass is 16.7. The van der Waals surface area contributed by atoms with Crippen LogP contribution >= 0.6 is 0 Å². The fourth-order valence-electron chi connectivity index (χ4n) is 2.08. The molecule has 1 aromatic carbocycles. The minimum Gasteiger partial charge on any atom is -0.494 e. The van der Waals surface area contributed by atoms with Crippen molar-refractivity contribution in [1.29, 1.82) is 0 Å². The van der Waals surface area contributed by atoms with E-state index in [1.165, 1.54) is 0 Å². The molecule has 1 aliphatic heterocycles. The topological polar surface area (TPSA) is 27.7 Å². The van der Waals surface area contributed by atoms with Crippen molar-refractivity contribution in [3.05, 3.63) is 42.4 Å². The molecule has 0 aliphatic carbocycles. The summed E-state index contributed by atoms with van der Waals surface area (Å²) in [7, 11) is -0.245. The van der Waals surface area contributed by atoms with E-state index in [0.717, 1.165) is 25.2 Å². The SMILES string of the molecule is CC1(C)OB(C=CCCCOc2ccccc2)OC1(C)C. The van der Waals surface area contributed by atoms with Crippen LogP contribution in [0, 0.1) is 0 Å². The Labute approximate surface area is 128 Å². The molecule has 21 heavy (non-hydrogen) atoms. The van der Waals surface area contributed by atoms with Gasteiger partial charge in [-0.3, -0.25) is 0 Å². The van der Waals surface area contributed by atoms with Crippen LogP contribution in [0.3, 0.4) is 0 Å². The maximum absolute atomic E-state index is 5.90. The van der Waals surface area contributed by atoms with E-state index in [9.17, 15) is 0 Å². The minimum absolute atomic E-state index is 0.245. The Balaban J connectivity index is 1.65. The van der Waals surface area contributed by atoms with Gasteiger partial charge in [0.1, 0.15) is 5.75 Å². The average molecular weight is 288 g/mol. The molecule has 0 atom stereocenters. The Hall–Kier alpha value is -1.26. The van der Waals surface area contributed by atoms with Crippen molar-refractivity contribution in [3.63, 3.8) is 0 Å². The van der Waals surface area contributed by atoms with E-state index in [2.05, 4.69) is 33.8 Å². The van der Waals surface area contributed by atoms with Crippen molar-refractivity contribution in [1.82, 2.24) is 0 Å². The number of hydrogen-bond acceptors (Lipinski definition) is 3. The Morgan fingerprint density at radius 3 is 2.29 bits per heavy atom. The molecule has 0 N–H and O–H groups in total. The molecular weight excluding hydrogens is 263 g/mol. The molecule has 114 valence electrons. The summed E-state index contributed by atoms with van der Waals surface area (Å²) in [5, 5.41) is 0. The smallest absolute Gasteiger partial charge is 0.486 e. The highest BCUT2D eigenvalue weighted by molar-refractivity contribution is 6.51. The highest BCUT2D eigenvalue weighted by Crippen LogP contribution is 2.36. The van der Waals surface area contributed by atoms with Crippen LogP contribution in [0.2, 0.25) is 0 Å². The van der Waals surface area contributed by atoms with Crippen LogP contribution in [-0.2, 0) is 9.31 Å². The van der Waals surface area contributed by atoms with Gasteiger partial charge in [0.25, 0.3) is 0 Å². The lowest BCUT2D eigenvalue weighted by atomic mass is 9.89. The van der Waals surface area contributed by atoms with Gasteiger partial charge in [-0.15, -0.1) is 0 Å². The van der Waals surface area contributed by atoms with Crippen LogP contribution < -0.4 is 4.74 Å². The van der Waals surface area contributed by atoms with E-state index in [1.807, 2.05) is 36.3 Å². The maximum atomic E-state index is 5.90. The predicted molar refractivity (Wildman–Crippen MR) is 86.4 cm³/mol. The van der Waals surface area contributed by atoms with Crippen molar-refractivity contribution in [2.75, 3.05) is 6.61 Å². The van der Waals surface area contributed by atoms with Gasteiger partial charge in [0.15, 0.2) is 0 Å². The molecule has 4 heteroatoms. The quantitative estimate of drug-likeness (QED) is 0.584. The van der Waals surface area contributed by atoms with Crippen LogP contribution in [-0.4, -0.2) is 24.9 Å². The van der Waals surface area contributed by atoms with Gasteiger partial charge in [-0.05, 0) is 52.7 Å². The third-order valence-corrected chi connectivity index (χ3v) is 4.09. The molecule has 0 bridgehead atoms. The van der Waals surface area contributed by atoms with Gasteiger partial charge in [0.05, 0.1) is 17.8 Å². The Morgan fingerprint density at radius 2 is 1.67 bits per heavy atom. The average Bonchev–Trinajstić information content (AvgIpc) is 2.63. The first-order valence-electron chi connectivity index (χ1n) is 7.61. The van der Waals surface area contributed by atoms with Crippen LogP contribution in [0.4, 0.5) is 0 Å². The number of hydrogen-bond donors (Lipinski definition) is 0. The van der Waals surface area contributed by atoms with Crippen LogP contribution in [0.1, 0.15) is 40.5 Å². The standard InChI is InChI=1S/C17H25BO3/c1-16(2)17(3,4)21-18(20-16)13-9-6-10-14-19-15-11-7-5-8-12-15/h5,7-9,11-13H,6,10,14H2,1-4H3. The van der Waals surface area contributed by atoms with Crippen molar-refractivity contribution in [3.8, 4) is 5.75 Å². The normalized spacial score (nSPS) is 20.1. The summed E-state index contributed by atoms with van der Waals surface area (Å²) >= 11 is 0. The number of unbranched alkanes of at least 4 members (excludes halogenated alkanes) is 1. The Morgan fingerprint density at radius 1 is 1.05 bits per heavy atom. The third kappa shape index (κ3) is 4.35. The van der Waals surface area contributed by atoms with Gasteiger partial charge in [0.2, 0.25) is 0 Å². The summed E-state index contributed by atoms with van der Waals surface area (Å²) in [5.74, 6) is 2.92. The molecule has 1 heterocycles. The molecule has 1 aromatic rings. The van der Waals surface area contributed by atoms with Crippen LogP contribution in [0.25, 0.3) is 0 Å². The molecule has 0 unspecified atom stereocenters. The number of para-hydroxylation sites is 1. The summed E-state index contributed by atoms with van der Waals surface area (Å²) in [6, 6.07) is 9.89. The number of benzene rings is 1. The van der Waals surface area contributed by atoms with E-state index in [4.69, 9.17) is 14.0 Å². The molecule has 0 aromatic heterocycles. The first-order valence-corrected chi connectivity index (χ1v) is 7.61. The van der Waals surface area contributed by atoms with Crippen LogP contribution in [0.15, 0.2) is 42.4 Å². The summed E-state index contributed by atoms with van der Waals surface area (Å²) < 4.78 is 17.4. The monoisotopic (exact) mass is 288 g/mol. The van der Waals surface area contributed by atoms with Crippen molar-refractivity contribution < 1.29 is 14.0 Å². The van der Waals surface area contributed by atoms with Gasteiger partial charge in [0, 0.05) is 0 Å². The number of ether oxygens (including phenoxy) is 1. The highest BCUT2D eigenvalue weighted by Gasteiger charge is 2.49. The summed E-state index contributed by atoms with van der Waals surface area (Å²) in [4.78, 5) is 0. The second-order valence-corrected chi connectivity index (χ2v) is 6.36. The second kappa shape index (κ2) is 6.67. The third-order valence-electron chi connectivity index (χ3n) is 4.09. The molecule has 0 radical (unpaired) electrons. The van der Waals surface area contributed by atoms with Gasteiger partial charge in [-0.1, -0.05) is 30.3 Å². The van der Waals surface area contributed by atoms with E-state index >= 15 is 0 Å². The molecular formula is C17H25BO3. The fraction of sp³-hybridized carbons (Fsp3) is 0.529. The van der Waals surface area contributed by atoms with Gasteiger partial charge in [-0.2, -0.15) is 0 Å². The predicted octanol–water partition coefficient (Wildman–Crippen LogP) is 4.03. The number of rotatable bonds is 6. The molecule has 1 aliphatic rings. The number of allylic oxidation sites excluding steroid dienone is 1. The summed E-state index contributed by atoms with van der Waals surface area (Å²) in [6.45, 7) is 8.98. The zero-order valence-corrected chi connectivity index (χ0v) is 13.5. The lowest BCUT2D eigenvalue weighted by molar-refractivity contribution is 0.00578. The van der Waals surface area contributed by atoms with Crippen molar-refractivity contribution in [2.24, 2.45) is 0 Å². The Bertz CT molecular complexity index is 452. The van der Waals surface area contributed by atoms with Gasteiger partial charge in [-0.25, -0.2) is 0 Å². The van der Waals surface area contributed by atoms with Gasteiger partial charge < -0.3 is 14.0 Å².